The third kappa shape index (κ3) is 5.77. The maximum absolute atomic E-state index is 12.7. The van der Waals surface area contributed by atoms with Crippen LogP contribution in [0.15, 0.2) is 54.6 Å². The number of hydrogen-bond acceptors (Lipinski definition) is 3. The maximum atomic E-state index is 12.7. The highest BCUT2D eigenvalue weighted by Crippen LogP contribution is 2.15. The van der Waals surface area contributed by atoms with Gasteiger partial charge in [0.25, 0.3) is 5.91 Å². The summed E-state index contributed by atoms with van der Waals surface area (Å²) in [5.41, 5.74) is 0.888. The van der Waals surface area contributed by atoms with E-state index in [-0.39, 0.29) is 18.4 Å². The van der Waals surface area contributed by atoms with Gasteiger partial charge in [-0.05, 0) is 43.7 Å². The molecule has 1 N–H and O–H groups in total. The number of carbonyl (C=O) groups excluding carboxylic acids is 2. The van der Waals surface area contributed by atoms with Crippen molar-refractivity contribution in [2.75, 3.05) is 13.2 Å². The zero-order chi connectivity index (χ0) is 18.9. The van der Waals surface area contributed by atoms with Crippen molar-refractivity contribution >= 4 is 23.4 Å². The summed E-state index contributed by atoms with van der Waals surface area (Å²) in [5.74, 6) is 0.148. The van der Waals surface area contributed by atoms with Crippen LogP contribution in [-0.2, 0) is 16.1 Å². The van der Waals surface area contributed by atoms with E-state index in [2.05, 4.69) is 5.32 Å². The summed E-state index contributed by atoms with van der Waals surface area (Å²) in [6.45, 7) is 4.22. The number of hydrogen-bond donors (Lipinski definition) is 1. The van der Waals surface area contributed by atoms with Crippen LogP contribution in [0.25, 0.3) is 0 Å². The Bertz CT molecular complexity index is 720. The van der Waals surface area contributed by atoms with Crippen LogP contribution in [-0.4, -0.2) is 35.9 Å². The summed E-state index contributed by atoms with van der Waals surface area (Å²) in [5, 5.41) is 3.38. The number of halogens is 1. The second-order valence-corrected chi connectivity index (χ2v) is 6.26. The number of likely N-dealkylation sites (N-methyl/N-ethyl adjacent to an activating group) is 1. The predicted octanol–water partition coefficient (Wildman–Crippen LogP) is 3.27. The van der Waals surface area contributed by atoms with Crippen LogP contribution in [0.3, 0.4) is 0 Å². The van der Waals surface area contributed by atoms with Crippen LogP contribution in [0.2, 0.25) is 5.02 Å². The molecule has 2 amide bonds. The van der Waals surface area contributed by atoms with Crippen molar-refractivity contribution < 1.29 is 14.3 Å². The Morgan fingerprint density at radius 2 is 1.77 bits per heavy atom. The van der Waals surface area contributed by atoms with Gasteiger partial charge in [-0.3, -0.25) is 9.59 Å². The Hall–Kier alpha value is -2.53. The molecule has 0 aliphatic carbocycles. The molecule has 0 aromatic heterocycles. The monoisotopic (exact) mass is 374 g/mol. The molecule has 26 heavy (non-hydrogen) atoms. The first-order chi connectivity index (χ1) is 12.5. The third-order valence-corrected chi connectivity index (χ3v) is 4.14. The molecule has 0 bridgehead atoms. The van der Waals surface area contributed by atoms with Crippen LogP contribution < -0.4 is 10.1 Å². The summed E-state index contributed by atoms with van der Waals surface area (Å²) in [7, 11) is 0. The van der Waals surface area contributed by atoms with Gasteiger partial charge in [-0.1, -0.05) is 41.9 Å². The van der Waals surface area contributed by atoms with Gasteiger partial charge in [0.05, 0.1) is 0 Å². The first kappa shape index (κ1) is 19.8. The summed E-state index contributed by atoms with van der Waals surface area (Å²) < 4.78 is 5.55. The van der Waals surface area contributed by atoms with Gasteiger partial charge in [0, 0.05) is 18.1 Å². The first-order valence-corrected chi connectivity index (χ1v) is 8.88. The van der Waals surface area contributed by atoms with Gasteiger partial charge >= 0.3 is 0 Å². The molecule has 2 rings (SSSR count). The van der Waals surface area contributed by atoms with Gasteiger partial charge in [-0.25, -0.2) is 0 Å². The average molecular weight is 375 g/mol. The van der Waals surface area contributed by atoms with Gasteiger partial charge < -0.3 is 15.0 Å². The second-order valence-electron chi connectivity index (χ2n) is 5.82. The fraction of sp³-hybridized carbons (Fsp3) is 0.300. The van der Waals surface area contributed by atoms with Crippen LogP contribution >= 0.6 is 11.6 Å². The fourth-order valence-corrected chi connectivity index (χ4v) is 2.56. The number of benzene rings is 2. The van der Waals surface area contributed by atoms with E-state index in [1.807, 2.05) is 37.3 Å². The quantitative estimate of drug-likeness (QED) is 0.771. The van der Waals surface area contributed by atoms with Gasteiger partial charge in [-0.2, -0.15) is 0 Å². The number of carbonyl (C=O) groups is 2. The van der Waals surface area contributed by atoms with Gasteiger partial charge in [-0.15, -0.1) is 0 Å². The largest absolute Gasteiger partial charge is 0.484 e. The van der Waals surface area contributed by atoms with E-state index in [0.29, 0.717) is 23.9 Å². The minimum absolute atomic E-state index is 0.138. The van der Waals surface area contributed by atoms with Crippen LogP contribution in [0.1, 0.15) is 19.4 Å². The highest BCUT2D eigenvalue weighted by atomic mass is 35.5. The number of nitrogens with one attached hydrogen (secondary N) is 1. The van der Waals surface area contributed by atoms with Gasteiger partial charge in [0.15, 0.2) is 6.61 Å². The molecule has 0 fully saturated rings. The number of para-hydroxylation sites is 1. The molecule has 0 spiro atoms. The SMILES string of the molecule is CCNC(=O)[C@@H](C)N(Cc1ccc(Cl)cc1)C(=O)COc1ccccc1. The third-order valence-electron chi connectivity index (χ3n) is 3.89. The predicted molar refractivity (Wildman–Crippen MR) is 102 cm³/mol. The molecule has 0 unspecified atom stereocenters. The zero-order valence-electron chi connectivity index (χ0n) is 14.9. The van der Waals surface area contributed by atoms with Crippen molar-refractivity contribution in [1.29, 1.82) is 0 Å². The Kier molecular flexibility index (Phi) is 7.48. The molecule has 138 valence electrons. The molecule has 2 aromatic carbocycles. The lowest BCUT2D eigenvalue weighted by Gasteiger charge is -2.28. The van der Waals surface area contributed by atoms with Crippen molar-refractivity contribution in [2.24, 2.45) is 0 Å². The Labute approximate surface area is 158 Å². The minimum atomic E-state index is -0.613. The Morgan fingerprint density at radius 3 is 2.38 bits per heavy atom. The van der Waals surface area contributed by atoms with Gasteiger partial charge in [0.1, 0.15) is 11.8 Å². The lowest BCUT2D eigenvalue weighted by Crippen LogP contribution is -2.49. The van der Waals surface area contributed by atoms with Crippen LogP contribution in [0, 0.1) is 0 Å². The molecular weight excluding hydrogens is 352 g/mol. The lowest BCUT2D eigenvalue weighted by molar-refractivity contribution is -0.142. The smallest absolute Gasteiger partial charge is 0.261 e. The van der Waals surface area contributed by atoms with E-state index in [0.717, 1.165) is 5.56 Å². The summed E-state index contributed by atoms with van der Waals surface area (Å²) >= 11 is 5.92. The average Bonchev–Trinajstić information content (AvgIpc) is 2.66. The molecular formula is C20H23ClN2O3. The molecule has 0 aliphatic rings. The molecule has 6 heteroatoms. The Balaban J connectivity index is 2.11. The topological polar surface area (TPSA) is 58.6 Å². The highest BCUT2D eigenvalue weighted by molar-refractivity contribution is 6.30. The number of amides is 2. The van der Waals surface area contributed by atoms with E-state index in [4.69, 9.17) is 16.3 Å². The maximum Gasteiger partial charge on any atom is 0.261 e. The minimum Gasteiger partial charge on any atom is -0.484 e. The number of ether oxygens (including phenoxy) is 1. The van der Waals surface area contributed by atoms with E-state index < -0.39 is 6.04 Å². The van der Waals surface area contributed by atoms with Gasteiger partial charge in [0.2, 0.25) is 5.91 Å². The van der Waals surface area contributed by atoms with E-state index in [1.54, 1.807) is 31.2 Å². The van der Waals surface area contributed by atoms with E-state index >= 15 is 0 Å². The fourth-order valence-electron chi connectivity index (χ4n) is 2.44. The molecule has 0 aliphatic heterocycles. The second kappa shape index (κ2) is 9.82. The summed E-state index contributed by atoms with van der Waals surface area (Å²) in [4.78, 5) is 26.5. The normalized spacial score (nSPS) is 11.5. The number of rotatable bonds is 8. The standard InChI is InChI=1S/C20H23ClN2O3/c1-3-22-20(25)15(2)23(13-16-9-11-17(21)12-10-16)19(24)14-26-18-7-5-4-6-8-18/h4-12,15H,3,13-14H2,1-2H3,(H,22,25)/t15-/m1/s1. The summed E-state index contributed by atoms with van der Waals surface area (Å²) in [6, 6.07) is 15.7. The zero-order valence-corrected chi connectivity index (χ0v) is 15.7. The molecule has 1 atom stereocenters. The highest BCUT2D eigenvalue weighted by Gasteiger charge is 2.26. The number of nitrogens with zero attached hydrogens (tertiary/aromatic N) is 1. The van der Waals surface area contributed by atoms with E-state index in [1.165, 1.54) is 4.90 Å². The van der Waals surface area contributed by atoms with Crippen molar-refractivity contribution in [3.05, 3.63) is 65.2 Å². The molecule has 2 aromatic rings. The molecule has 0 heterocycles. The molecule has 0 radical (unpaired) electrons. The lowest BCUT2D eigenvalue weighted by atomic mass is 10.1. The van der Waals surface area contributed by atoms with Crippen molar-refractivity contribution in [1.82, 2.24) is 10.2 Å². The first-order valence-electron chi connectivity index (χ1n) is 8.50. The Morgan fingerprint density at radius 1 is 1.12 bits per heavy atom. The van der Waals surface area contributed by atoms with Crippen LogP contribution in [0.5, 0.6) is 5.75 Å². The molecule has 5 nitrogen and oxygen atoms in total. The van der Waals surface area contributed by atoms with Crippen molar-refractivity contribution in [3.8, 4) is 5.75 Å². The van der Waals surface area contributed by atoms with E-state index in [9.17, 15) is 9.59 Å². The molecule has 0 saturated heterocycles. The van der Waals surface area contributed by atoms with Crippen LogP contribution in [0.4, 0.5) is 0 Å². The van der Waals surface area contributed by atoms with Crippen molar-refractivity contribution in [3.63, 3.8) is 0 Å². The van der Waals surface area contributed by atoms with Crippen molar-refractivity contribution in [2.45, 2.75) is 26.4 Å². The summed E-state index contributed by atoms with van der Waals surface area (Å²) in [6.07, 6.45) is 0. The molecule has 0 saturated carbocycles.